The van der Waals surface area contributed by atoms with E-state index in [4.69, 9.17) is 5.26 Å². The lowest BCUT2D eigenvalue weighted by Gasteiger charge is -2.34. The number of nitrogens with one attached hydrogen (secondary N) is 1. The Hall–Kier alpha value is -2.20. The molecule has 1 N–H and O–H groups in total. The van der Waals surface area contributed by atoms with Gasteiger partial charge < -0.3 is 0 Å². The van der Waals surface area contributed by atoms with Crippen molar-refractivity contribution in [2.75, 3.05) is 4.90 Å². The molecule has 6 nitrogen and oxygen atoms in total. The molecular weight excluding hydrogens is 326 g/mol. The van der Waals surface area contributed by atoms with Crippen LogP contribution in [0.5, 0.6) is 0 Å². The Bertz CT molecular complexity index is 676. The van der Waals surface area contributed by atoms with Gasteiger partial charge in [0, 0.05) is 4.47 Å². The first-order valence-corrected chi connectivity index (χ1v) is 6.48. The maximum atomic E-state index is 12.3. The first kappa shape index (κ1) is 14.2. The largest absolute Gasteiger partial charge is 0.335 e. The number of carbonyl (C=O) groups excluding carboxylic acids is 3. The second-order valence-electron chi connectivity index (χ2n) is 4.80. The van der Waals surface area contributed by atoms with E-state index in [0.29, 0.717) is 4.47 Å². The SMILES string of the molecule is CC1(C)C(=O)NC(=O)N(c2ccc(Br)cc2C#N)C1=O. The van der Waals surface area contributed by atoms with Crippen LogP contribution in [0.1, 0.15) is 19.4 Å². The molecule has 1 saturated heterocycles. The Morgan fingerprint density at radius 1 is 1.30 bits per heavy atom. The number of carbonyl (C=O) groups is 3. The Kier molecular flexibility index (Phi) is 3.36. The first-order valence-electron chi connectivity index (χ1n) is 5.68. The molecule has 0 aliphatic carbocycles. The third-order valence-electron chi connectivity index (χ3n) is 3.05. The Morgan fingerprint density at radius 3 is 2.55 bits per heavy atom. The Labute approximate surface area is 123 Å². The molecule has 4 amide bonds. The summed E-state index contributed by atoms with van der Waals surface area (Å²) in [6, 6.07) is 5.66. The van der Waals surface area contributed by atoms with Crippen LogP contribution >= 0.6 is 15.9 Å². The number of nitriles is 1. The van der Waals surface area contributed by atoms with Gasteiger partial charge in [-0.15, -0.1) is 0 Å². The monoisotopic (exact) mass is 335 g/mol. The Balaban J connectivity index is 2.58. The van der Waals surface area contributed by atoms with E-state index in [0.717, 1.165) is 4.90 Å². The van der Waals surface area contributed by atoms with Crippen molar-refractivity contribution in [1.82, 2.24) is 5.32 Å². The molecule has 0 radical (unpaired) electrons. The number of urea groups is 1. The quantitative estimate of drug-likeness (QED) is 0.794. The van der Waals surface area contributed by atoms with Crippen LogP contribution in [0.4, 0.5) is 10.5 Å². The first-order chi connectivity index (χ1) is 9.28. The normalized spacial score (nSPS) is 17.7. The average molecular weight is 336 g/mol. The number of hydrogen-bond acceptors (Lipinski definition) is 4. The summed E-state index contributed by atoms with van der Waals surface area (Å²) >= 11 is 3.21. The summed E-state index contributed by atoms with van der Waals surface area (Å²) in [5, 5.41) is 11.2. The molecule has 0 aromatic heterocycles. The molecule has 7 heteroatoms. The van der Waals surface area contributed by atoms with Crippen molar-refractivity contribution in [2.24, 2.45) is 5.41 Å². The van der Waals surface area contributed by atoms with Crippen LogP contribution in [0.15, 0.2) is 22.7 Å². The van der Waals surface area contributed by atoms with Crippen molar-refractivity contribution in [3.8, 4) is 6.07 Å². The molecule has 1 aliphatic heterocycles. The second kappa shape index (κ2) is 4.72. The number of nitrogens with zero attached hydrogens (tertiary/aromatic N) is 2. The van der Waals surface area contributed by atoms with E-state index in [1.165, 1.54) is 26.0 Å². The standard InChI is InChI=1S/C13H10BrN3O3/c1-13(2)10(18)16-12(20)17(11(13)19)9-4-3-8(14)5-7(9)6-15/h3-5H,1-2H3,(H,16,18,20). The predicted molar refractivity (Wildman–Crippen MR) is 73.7 cm³/mol. The minimum atomic E-state index is -1.37. The van der Waals surface area contributed by atoms with Crippen molar-refractivity contribution in [1.29, 1.82) is 5.26 Å². The molecule has 0 spiro atoms. The fraction of sp³-hybridized carbons (Fsp3) is 0.231. The zero-order chi connectivity index (χ0) is 15.1. The van der Waals surface area contributed by atoms with Crippen LogP contribution in [0.2, 0.25) is 0 Å². The highest BCUT2D eigenvalue weighted by atomic mass is 79.9. The summed E-state index contributed by atoms with van der Waals surface area (Å²) in [5.74, 6) is -1.32. The van der Waals surface area contributed by atoms with E-state index in [-0.39, 0.29) is 11.3 Å². The molecule has 1 aliphatic rings. The summed E-state index contributed by atoms with van der Waals surface area (Å²) in [7, 11) is 0. The number of halogens is 1. The van der Waals surface area contributed by atoms with Crippen molar-refractivity contribution in [2.45, 2.75) is 13.8 Å². The van der Waals surface area contributed by atoms with Crippen LogP contribution in [0.3, 0.4) is 0 Å². The summed E-state index contributed by atoms with van der Waals surface area (Å²) in [4.78, 5) is 36.7. The summed E-state index contributed by atoms with van der Waals surface area (Å²) in [5.41, 5.74) is -1.06. The molecule has 0 bridgehead atoms. The van der Waals surface area contributed by atoms with Crippen molar-refractivity contribution in [3.63, 3.8) is 0 Å². The molecule has 0 atom stereocenters. The van der Waals surface area contributed by atoms with E-state index < -0.39 is 23.3 Å². The minimum absolute atomic E-state index is 0.152. The number of amides is 4. The zero-order valence-corrected chi connectivity index (χ0v) is 12.3. The summed E-state index contributed by atoms with van der Waals surface area (Å²) in [6.07, 6.45) is 0. The Morgan fingerprint density at radius 2 is 1.95 bits per heavy atom. The van der Waals surface area contributed by atoms with Crippen LogP contribution < -0.4 is 10.2 Å². The topological polar surface area (TPSA) is 90.3 Å². The van der Waals surface area contributed by atoms with Gasteiger partial charge in [-0.3, -0.25) is 14.9 Å². The number of benzene rings is 1. The fourth-order valence-electron chi connectivity index (χ4n) is 1.79. The molecule has 1 aromatic rings. The molecular formula is C13H10BrN3O3. The fourth-order valence-corrected chi connectivity index (χ4v) is 2.15. The van der Waals surface area contributed by atoms with Crippen LogP contribution in [-0.4, -0.2) is 17.8 Å². The highest BCUT2D eigenvalue weighted by Crippen LogP contribution is 2.31. The van der Waals surface area contributed by atoms with Crippen molar-refractivity contribution >= 4 is 39.5 Å². The lowest BCUT2D eigenvalue weighted by molar-refractivity contribution is -0.140. The van der Waals surface area contributed by atoms with E-state index in [9.17, 15) is 14.4 Å². The third kappa shape index (κ3) is 2.08. The van der Waals surface area contributed by atoms with Gasteiger partial charge in [-0.05, 0) is 32.0 Å². The van der Waals surface area contributed by atoms with Gasteiger partial charge in [0.05, 0.1) is 11.3 Å². The number of hydrogen-bond donors (Lipinski definition) is 1. The molecule has 0 saturated carbocycles. The predicted octanol–water partition coefficient (Wildman–Crippen LogP) is 1.93. The van der Waals surface area contributed by atoms with Crippen LogP contribution in [-0.2, 0) is 9.59 Å². The minimum Gasteiger partial charge on any atom is -0.276 e. The highest BCUT2D eigenvalue weighted by molar-refractivity contribution is 9.10. The molecule has 2 rings (SSSR count). The van der Waals surface area contributed by atoms with Crippen LogP contribution in [0, 0.1) is 16.7 Å². The lowest BCUT2D eigenvalue weighted by Crippen LogP contribution is -2.62. The van der Waals surface area contributed by atoms with Gasteiger partial charge in [0.25, 0.3) is 0 Å². The number of rotatable bonds is 1. The van der Waals surface area contributed by atoms with Gasteiger partial charge in [0.1, 0.15) is 11.5 Å². The van der Waals surface area contributed by atoms with Gasteiger partial charge in [-0.1, -0.05) is 15.9 Å². The van der Waals surface area contributed by atoms with Gasteiger partial charge >= 0.3 is 6.03 Å². The lowest BCUT2D eigenvalue weighted by atomic mass is 9.88. The van der Waals surface area contributed by atoms with Crippen molar-refractivity contribution < 1.29 is 14.4 Å². The van der Waals surface area contributed by atoms with Crippen molar-refractivity contribution in [3.05, 3.63) is 28.2 Å². The molecule has 1 aromatic carbocycles. The maximum absolute atomic E-state index is 12.3. The second-order valence-corrected chi connectivity index (χ2v) is 5.71. The van der Waals surface area contributed by atoms with Gasteiger partial charge in [-0.2, -0.15) is 5.26 Å². The molecule has 1 heterocycles. The molecule has 20 heavy (non-hydrogen) atoms. The van der Waals surface area contributed by atoms with E-state index in [2.05, 4.69) is 21.2 Å². The summed E-state index contributed by atoms with van der Waals surface area (Å²) < 4.78 is 0.651. The number of imide groups is 2. The van der Waals surface area contributed by atoms with Gasteiger partial charge in [0.15, 0.2) is 0 Å². The number of barbiturate groups is 1. The molecule has 0 unspecified atom stereocenters. The average Bonchev–Trinajstić information content (AvgIpc) is 2.38. The van der Waals surface area contributed by atoms with E-state index >= 15 is 0 Å². The van der Waals surface area contributed by atoms with E-state index in [1.54, 1.807) is 6.07 Å². The smallest absolute Gasteiger partial charge is 0.276 e. The number of anilines is 1. The van der Waals surface area contributed by atoms with Crippen LogP contribution in [0.25, 0.3) is 0 Å². The van der Waals surface area contributed by atoms with Gasteiger partial charge in [-0.25, -0.2) is 9.69 Å². The van der Waals surface area contributed by atoms with E-state index in [1.807, 2.05) is 6.07 Å². The summed E-state index contributed by atoms with van der Waals surface area (Å²) in [6.45, 7) is 2.85. The molecule has 102 valence electrons. The third-order valence-corrected chi connectivity index (χ3v) is 3.54. The zero-order valence-electron chi connectivity index (χ0n) is 10.7. The maximum Gasteiger partial charge on any atom is 0.335 e. The molecule has 1 fully saturated rings. The van der Waals surface area contributed by atoms with Gasteiger partial charge in [0.2, 0.25) is 11.8 Å². The highest BCUT2D eigenvalue weighted by Gasteiger charge is 2.48.